The van der Waals surface area contributed by atoms with Crippen LogP contribution in [0.2, 0.25) is 0 Å². The molecule has 0 amide bonds. The van der Waals surface area contributed by atoms with Crippen molar-refractivity contribution in [1.82, 2.24) is 24.6 Å². The Morgan fingerprint density at radius 3 is 2.29 bits per heavy atom. The molecule has 146 valence electrons. The maximum absolute atomic E-state index is 14.1. The molecule has 1 fully saturated rings. The van der Waals surface area contributed by atoms with Gasteiger partial charge in [-0.3, -0.25) is 14.4 Å². The van der Waals surface area contributed by atoms with Crippen LogP contribution in [-0.2, 0) is 13.1 Å². The number of rotatable bonds is 5. The van der Waals surface area contributed by atoms with Crippen LogP contribution >= 0.6 is 0 Å². The molecular weight excluding hydrogens is 367 g/mol. The van der Waals surface area contributed by atoms with Crippen LogP contribution in [0.3, 0.4) is 0 Å². The molecule has 28 heavy (non-hydrogen) atoms. The lowest BCUT2D eigenvalue weighted by molar-refractivity contribution is 0.118. The highest BCUT2D eigenvalue weighted by Gasteiger charge is 2.21. The topological polar surface area (TPSA) is 37.2 Å². The zero-order valence-corrected chi connectivity index (χ0v) is 15.2. The summed E-state index contributed by atoms with van der Waals surface area (Å²) in [5, 5.41) is 8.06. The van der Waals surface area contributed by atoms with Crippen LogP contribution in [0.4, 0.5) is 13.2 Å². The number of hydrogen-bond acceptors (Lipinski definition) is 4. The van der Waals surface area contributed by atoms with E-state index >= 15 is 0 Å². The van der Waals surface area contributed by atoms with Crippen molar-refractivity contribution in [3.05, 3.63) is 77.6 Å². The minimum atomic E-state index is -0.428. The summed E-state index contributed by atoms with van der Waals surface area (Å²) in [7, 11) is 0. The van der Waals surface area contributed by atoms with Gasteiger partial charge in [0.05, 0.1) is 12.2 Å². The van der Waals surface area contributed by atoms with Gasteiger partial charge in [0.2, 0.25) is 0 Å². The first-order chi connectivity index (χ1) is 13.6. The first-order valence-electron chi connectivity index (χ1n) is 9.12. The molecule has 0 atom stereocenters. The van der Waals surface area contributed by atoms with Gasteiger partial charge in [0.15, 0.2) is 5.82 Å². The third-order valence-corrected chi connectivity index (χ3v) is 4.96. The van der Waals surface area contributed by atoms with Gasteiger partial charge < -0.3 is 0 Å². The van der Waals surface area contributed by atoms with Crippen LogP contribution in [-0.4, -0.2) is 50.7 Å². The van der Waals surface area contributed by atoms with Crippen LogP contribution in [0, 0.1) is 17.5 Å². The normalized spacial score (nSPS) is 15.8. The lowest BCUT2D eigenvalue weighted by Crippen LogP contribution is -2.45. The summed E-state index contributed by atoms with van der Waals surface area (Å²) in [6.45, 7) is 3.87. The van der Waals surface area contributed by atoms with E-state index < -0.39 is 5.82 Å². The molecule has 1 aromatic heterocycles. The number of hydrogen-bond donors (Lipinski definition) is 0. The van der Waals surface area contributed by atoms with E-state index in [2.05, 4.69) is 20.0 Å². The molecule has 0 N–H and O–H groups in total. The predicted molar refractivity (Wildman–Crippen MR) is 98.2 cm³/mol. The number of halogens is 3. The maximum Gasteiger partial charge on any atom is 0.151 e. The zero-order valence-electron chi connectivity index (χ0n) is 15.2. The van der Waals surface area contributed by atoms with Gasteiger partial charge in [-0.2, -0.15) is 0 Å². The highest BCUT2D eigenvalue weighted by Crippen LogP contribution is 2.17. The van der Waals surface area contributed by atoms with Crippen molar-refractivity contribution in [3.63, 3.8) is 0 Å². The Morgan fingerprint density at radius 1 is 0.821 bits per heavy atom. The summed E-state index contributed by atoms with van der Waals surface area (Å²) >= 11 is 0. The molecule has 1 aliphatic heterocycles. The van der Waals surface area contributed by atoms with Gasteiger partial charge in [0, 0.05) is 38.3 Å². The highest BCUT2D eigenvalue weighted by molar-refractivity contribution is 5.34. The van der Waals surface area contributed by atoms with E-state index in [4.69, 9.17) is 0 Å². The molecule has 2 heterocycles. The van der Waals surface area contributed by atoms with Crippen molar-refractivity contribution in [2.45, 2.75) is 13.1 Å². The molecule has 4 rings (SSSR count). The summed E-state index contributed by atoms with van der Waals surface area (Å²) in [5.41, 5.74) is 0.787. The van der Waals surface area contributed by atoms with Gasteiger partial charge >= 0.3 is 0 Å². The Kier molecular flexibility index (Phi) is 5.40. The predicted octanol–water partition coefficient (Wildman–Crippen LogP) is 3.00. The monoisotopic (exact) mass is 387 g/mol. The molecular formula is C20H20F3N5. The Morgan fingerprint density at radius 2 is 1.54 bits per heavy atom. The second-order valence-corrected chi connectivity index (χ2v) is 6.86. The second kappa shape index (κ2) is 8.12. The summed E-state index contributed by atoms with van der Waals surface area (Å²) in [5.74, 6) is -0.482. The van der Waals surface area contributed by atoms with Gasteiger partial charge in [-0.15, -0.1) is 10.2 Å². The molecule has 2 aromatic carbocycles. The molecule has 1 aliphatic rings. The lowest BCUT2D eigenvalue weighted by atomic mass is 10.1. The molecule has 0 unspecified atom stereocenters. The van der Waals surface area contributed by atoms with E-state index in [1.807, 2.05) is 0 Å². The molecule has 0 spiro atoms. The van der Waals surface area contributed by atoms with Crippen molar-refractivity contribution in [3.8, 4) is 5.69 Å². The van der Waals surface area contributed by atoms with Crippen molar-refractivity contribution in [2.75, 3.05) is 26.2 Å². The standard InChI is InChI=1S/C20H20F3N5/c21-16-5-6-17(22)15(11-16)12-26-7-9-27(10-8-26)13-20-25-24-14-28(20)19-4-2-1-3-18(19)23/h1-6,11,14H,7-10,12-13H2. The SMILES string of the molecule is Fc1ccc(F)c(CN2CCN(Cc3nncn3-c3ccccc3F)CC2)c1. The zero-order chi connectivity index (χ0) is 19.5. The fourth-order valence-electron chi connectivity index (χ4n) is 3.43. The summed E-state index contributed by atoms with van der Waals surface area (Å²) in [6.07, 6.45) is 1.51. The van der Waals surface area contributed by atoms with Crippen LogP contribution in [0.5, 0.6) is 0 Å². The van der Waals surface area contributed by atoms with E-state index in [1.54, 1.807) is 22.8 Å². The van der Waals surface area contributed by atoms with Gasteiger partial charge in [-0.25, -0.2) is 13.2 Å². The number of benzene rings is 2. The van der Waals surface area contributed by atoms with Crippen molar-refractivity contribution < 1.29 is 13.2 Å². The number of piperazine rings is 1. The molecule has 0 bridgehead atoms. The Bertz CT molecular complexity index is 951. The molecule has 0 aliphatic carbocycles. The third kappa shape index (κ3) is 4.07. The average molecular weight is 387 g/mol. The third-order valence-electron chi connectivity index (χ3n) is 4.96. The fourth-order valence-corrected chi connectivity index (χ4v) is 3.43. The van der Waals surface area contributed by atoms with Crippen molar-refractivity contribution >= 4 is 0 Å². The average Bonchev–Trinajstić information content (AvgIpc) is 3.14. The minimum absolute atomic E-state index is 0.328. The number of para-hydroxylation sites is 1. The summed E-state index contributed by atoms with van der Waals surface area (Å²) in [6, 6.07) is 10.0. The van der Waals surface area contributed by atoms with E-state index in [-0.39, 0.29) is 11.6 Å². The Balaban J connectivity index is 1.37. The fraction of sp³-hybridized carbons (Fsp3) is 0.300. The van der Waals surface area contributed by atoms with Crippen LogP contribution < -0.4 is 0 Å². The first kappa shape index (κ1) is 18.6. The van der Waals surface area contributed by atoms with E-state index in [1.165, 1.54) is 18.5 Å². The van der Waals surface area contributed by atoms with Gasteiger partial charge in [0.1, 0.15) is 23.8 Å². The first-order valence-corrected chi connectivity index (χ1v) is 9.12. The minimum Gasteiger partial charge on any atom is -0.296 e. The van der Waals surface area contributed by atoms with Gasteiger partial charge in [0.25, 0.3) is 0 Å². The van der Waals surface area contributed by atoms with Gasteiger partial charge in [-0.05, 0) is 30.3 Å². The number of nitrogens with zero attached hydrogens (tertiary/aromatic N) is 5. The van der Waals surface area contributed by atoms with Crippen molar-refractivity contribution in [1.29, 1.82) is 0 Å². The quantitative estimate of drug-likeness (QED) is 0.675. The lowest BCUT2D eigenvalue weighted by Gasteiger charge is -2.34. The van der Waals surface area contributed by atoms with E-state index in [9.17, 15) is 13.2 Å². The van der Waals surface area contributed by atoms with Crippen LogP contribution in [0.1, 0.15) is 11.4 Å². The molecule has 0 saturated carbocycles. The highest BCUT2D eigenvalue weighted by atomic mass is 19.1. The largest absolute Gasteiger partial charge is 0.296 e. The molecule has 3 aromatic rings. The molecule has 1 saturated heterocycles. The number of aromatic nitrogens is 3. The van der Waals surface area contributed by atoms with Gasteiger partial charge in [-0.1, -0.05) is 12.1 Å². The maximum atomic E-state index is 14.1. The Hall–Kier alpha value is -2.71. The van der Waals surface area contributed by atoms with E-state index in [0.717, 1.165) is 38.3 Å². The van der Waals surface area contributed by atoms with E-state index in [0.29, 0.717) is 30.2 Å². The molecule has 8 heteroatoms. The second-order valence-electron chi connectivity index (χ2n) is 6.86. The Labute approximate surface area is 161 Å². The van der Waals surface area contributed by atoms with Crippen LogP contribution in [0.25, 0.3) is 5.69 Å². The smallest absolute Gasteiger partial charge is 0.151 e. The van der Waals surface area contributed by atoms with Crippen LogP contribution in [0.15, 0.2) is 48.8 Å². The molecule has 0 radical (unpaired) electrons. The summed E-state index contributed by atoms with van der Waals surface area (Å²) < 4.78 is 42.9. The molecule has 5 nitrogen and oxygen atoms in total. The summed E-state index contributed by atoms with van der Waals surface area (Å²) in [4.78, 5) is 4.29. The van der Waals surface area contributed by atoms with Crippen molar-refractivity contribution in [2.24, 2.45) is 0 Å².